The van der Waals surface area contributed by atoms with Crippen LogP contribution in [0.1, 0.15) is 29.2 Å². The molecule has 0 aliphatic carbocycles. The Balaban J connectivity index is 1.82. The van der Waals surface area contributed by atoms with E-state index in [-0.39, 0.29) is 11.9 Å². The molecule has 6 nitrogen and oxygen atoms in total. The van der Waals surface area contributed by atoms with E-state index >= 15 is 0 Å². The summed E-state index contributed by atoms with van der Waals surface area (Å²) in [7, 11) is 3.04. The van der Waals surface area contributed by atoms with Crippen LogP contribution in [0.25, 0.3) is 0 Å². The molecule has 128 valence electrons. The normalized spacial score (nSPS) is 17.6. The zero-order valence-electron chi connectivity index (χ0n) is 13.7. The molecule has 1 atom stereocenters. The van der Waals surface area contributed by atoms with Crippen molar-refractivity contribution in [2.45, 2.75) is 18.9 Å². The quantitative estimate of drug-likeness (QED) is 0.851. The minimum Gasteiger partial charge on any atom is -0.493 e. The van der Waals surface area contributed by atoms with Crippen molar-refractivity contribution in [2.75, 3.05) is 27.3 Å². The van der Waals surface area contributed by atoms with Gasteiger partial charge in [0.05, 0.1) is 25.3 Å². The number of hydrogen-bond acceptors (Lipinski definition) is 4. The third-order valence-electron chi connectivity index (χ3n) is 4.26. The van der Waals surface area contributed by atoms with Crippen LogP contribution in [0.3, 0.4) is 0 Å². The predicted octanol–water partition coefficient (Wildman–Crippen LogP) is 3.03. The number of piperidine rings is 1. The molecule has 3 rings (SSSR count). The Morgan fingerprint density at radius 3 is 2.83 bits per heavy atom. The van der Waals surface area contributed by atoms with E-state index < -0.39 is 0 Å². The van der Waals surface area contributed by atoms with Gasteiger partial charge in [-0.2, -0.15) is 5.10 Å². The number of hydrogen-bond donors (Lipinski definition) is 0. The number of likely N-dealkylation sites (tertiary alicyclic amines) is 1. The van der Waals surface area contributed by atoms with Crippen LogP contribution in [0.15, 0.2) is 30.6 Å². The third-order valence-corrected chi connectivity index (χ3v) is 4.54. The Morgan fingerprint density at radius 2 is 2.17 bits per heavy atom. The number of halogens is 1. The van der Waals surface area contributed by atoms with Gasteiger partial charge in [0.25, 0.3) is 5.91 Å². The fraction of sp³-hybridized carbons (Fsp3) is 0.412. The number of aromatic nitrogens is 2. The molecule has 1 saturated heterocycles. The summed E-state index contributed by atoms with van der Waals surface area (Å²) < 4.78 is 12.4. The van der Waals surface area contributed by atoms with Crippen molar-refractivity contribution in [2.24, 2.45) is 0 Å². The topological polar surface area (TPSA) is 56.6 Å². The van der Waals surface area contributed by atoms with E-state index in [1.54, 1.807) is 18.3 Å². The lowest BCUT2D eigenvalue weighted by atomic mass is 10.0. The lowest BCUT2D eigenvalue weighted by Gasteiger charge is -2.33. The van der Waals surface area contributed by atoms with E-state index in [9.17, 15) is 4.79 Å². The van der Waals surface area contributed by atoms with Gasteiger partial charge in [0.2, 0.25) is 0 Å². The van der Waals surface area contributed by atoms with Crippen molar-refractivity contribution in [3.63, 3.8) is 0 Å². The lowest BCUT2D eigenvalue weighted by Crippen LogP contribution is -2.40. The van der Waals surface area contributed by atoms with Gasteiger partial charge < -0.3 is 14.4 Å². The van der Waals surface area contributed by atoms with Gasteiger partial charge in [0, 0.05) is 31.0 Å². The maximum Gasteiger partial charge on any atom is 0.254 e. The summed E-state index contributed by atoms with van der Waals surface area (Å²) in [6.45, 7) is 1.36. The van der Waals surface area contributed by atoms with E-state index in [1.165, 1.54) is 14.2 Å². The molecular formula is C17H20ClN3O3. The van der Waals surface area contributed by atoms with Gasteiger partial charge in [-0.3, -0.25) is 9.48 Å². The molecule has 0 bridgehead atoms. The Hall–Kier alpha value is -2.21. The van der Waals surface area contributed by atoms with Crippen LogP contribution >= 0.6 is 11.6 Å². The highest BCUT2D eigenvalue weighted by atomic mass is 35.5. The molecule has 0 radical (unpaired) electrons. The highest BCUT2D eigenvalue weighted by Crippen LogP contribution is 2.36. The molecule has 0 saturated carbocycles. The fourth-order valence-electron chi connectivity index (χ4n) is 3.08. The fourth-order valence-corrected chi connectivity index (χ4v) is 3.36. The van der Waals surface area contributed by atoms with Gasteiger partial charge in [-0.15, -0.1) is 0 Å². The molecule has 1 fully saturated rings. The second kappa shape index (κ2) is 7.13. The second-order valence-corrected chi connectivity index (χ2v) is 6.13. The van der Waals surface area contributed by atoms with Crippen molar-refractivity contribution in [3.05, 3.63) is 41.2 Å². The number of amides is 1. The monoisotopic (exact) mass is 349 g/mol. The Morgan fingerprint density at radius 1 is 1.33 bits per heavy atom. The number of carbonyl (C=O) groups is 1. The Kier molecular flexibility index (Phi) is 4.94. The molecule has 1 aliphatic heterocycles. The van der Waals surface area contributed by atoms with Crippen LogP contribution in [-0.4, -0.2) is 47.9 Å². The summed E-state index contributed by atoms with van der Waals surface area (Å²) in [5.41, 5.74) is 0.499. The first-order chi connectivity index (χ1) is 11.6. The van der Waals surface area contributed by atoms with E-state index in [1.807, 2.05) is 21.8 Å². The Bertz CT molecular complexity index is 718. The minimum atomic E-state index is -0.0605. The summed E-state index contributed by atoms with van der Waals surface area (Å²) in [5, 5.41) is 4.65. The van der Waals surface area contributed by atoms with E-state index in [4.69, 9.17) is 21.1 Å². The molecule has 1 amide bonds. The molecule has 7 heteroatoms. The third kappa shape index (κ3) is 3.19. The van der Waals surface area contributed by atoms with E-state index in [0.29, 0.717) is 28.6 Å². The van der Waals surface area contributed by atoms with Crippen molar-refractivity contribution >= 4 is 17.5 Å². The van der Waals surface area contributed by atoms with Crippen LogP contribution in [0, 0.1) is 0 Å². The zero-order valence-corrected chi connectivity index (χ0v) is 14.5. The van der Waals surface area contributed by atoms with Crippen LogP contribution in [0.4, 0.5) is 0 Å². The van der Waals surface area contributed by atoms with Crippen molar-refractivity contribution in [1.29, 1.82) is 0 Å². The molecule has 2 aromatic rings. The predicted molar refractivity (Wildman–Crippen MR) is 91.0 cm³/mol. The number of methoxy groups -OCH3 is 2. The smallest absolute Gasteiger partial charge is 0.254 e. The molecule has 1 aromatic heterocycles. The first-order valence-corrected chi connectivity index (χ1v) is 8.21. The molecule has 0 unspecified atom stereocenters. The highest BCUT2D eigenvalue weighted by Gasteiger charge is 2.27. The number of nitrogens with zero attached hydrogens (tertiary/aromatic N) is 3. The van der Waals surface area contributed by atoms with Gasteiger partial charge in [0.1, 0.15) is 0 Å². The largest absolute Gasteiger partial charge is 0.493 e. The summed E-state index contributed by atoms with van der Waals surface area (Å²) in [5.74, 6) is 0.826. The minimum absolute atomic E-state index is 0.0605. The van der Waals surface area contributed by atoms with Crippen molar-refractivity contribution < 1.29 is 14.3 Å². The van der Waals surface area contributed by atoms with Crippen LogP contribution < -0.4 is 9.47 Å². The first kappa shape index (κ1) is 16.6. The number of benzene rings is 1. The highest BCUT2D eigenvalue weighted by molar-refractivity contribution is 6.32. The van der Waals surface area contributed by atoms with E-state index in [0.717, 1.165) is 19.4 Å². The van der Waals surface area contributed by atoms with Gasteiger partial charge in [-0.05, 0) is 31.0 Å². The molecule has 2 heterocycles. The molecule has 0 spiro atoms. The summed E-state index contributed by atoms with van der Waals surface area (Å²) >= 11 is 6.22. The lowest BCUT2D eigenvalue weighted by molar-refractivity contribution is 0.0672. The molecule has 1 aliphatic rings. The standard InChI is InChI=1S/C17H20ClN3O3/c1-23-15-10-12(9-14(18)16(15)24-2)17(22)20-7-3-5-13(11-20)21-8-4-6-19-21/h4,6,8-10,13H,3,5,7,11H2,1-2H3/t13-/m1/s1. The maximum absolute atomic E-state index is 12.9. The van der Waals surface area contributed by atoms with Crippen molar-refractivity contribution in [1.82, 2.24) is 14.7 Å². The molecule has 24 heavy (non-hydrogen) atoms. The first-order valence-electron chi connectivity index (χ1n) is 7.84. The molecular weight excluding hydrogens is 330 g/mol. The summed E-state index contributed by atoms with van der Waals surface area (Å²) in [4.78, 5) is 14.7. The van der Waals surface area contributed by atoms with E-state index in [2.05, 4.69) is 5.10 Å². The summed E-state index contributed by atoms with van der Waals surface area (Å²) in [6.07, 6.45) is 5.65. The summed E-state index contributed by atoms with van der Waals surface area (Å²) in [6, 6.07) is 5.40. The average Bonchev–Trinajstić information content (AvgIpc) is 3.15. The van der Waals surface area contributed by atoms with Crippen LogP contribution in [0.2, 0.25) is 5.02 Å². The van der Waals surface area contributed by atoms with Gasteiger partial charge in [-0.1, -0.05) is 11.6 Å². The van der Waals surface area contributed by atoms with Crippen molar-refractivity contribution in [3.8, 4) is 11.5 Å². The Labute approximate surface area is 145 Å². The number of ether oxygens (including phenoxy) is 2. The van der Waals surface area contributed by atoms with Crippen LogP contribution in [0.5, 0.6) is 11.5 Å². The number of carbonyl (C=O) groups excluding carboxylic acids is 1. The molecule has 0 N–H and O–H groups in total. The SMILES string of the molecule is COc1cc(C(=O)N2CCC[C@@H](n3cccn3)C2)cc(Cl)c1OC. The zero-order chi connectivity index (χ0) is 17.1. The average molecular weight is 350 g/mol. The second-order valence-electron chi connectivity index (χ2n) is 5.73. The van der Waals surface area contributed by atoms with Gasteiger partial charge in [-0.25, -0.2) is 0 Å². The molecule has 1 aromatic carbocycles. The maximum atomic E-state index is 12.9. The van der Waals surface area contributed by atoms with Crippen LogP contribution in [-0.2, 0) is 0 Å². The van der Waals surface area contributed by atoms with Gasteiger partial charge >= 0.3 is 0 Å². The van der Waals surface area contributed by atoms with Gasteiger partial charge in [0.15, 0.2) is 11.5 Å². The number of rotatable bonds is 4.